The molecule has 0 N–H and O–H groups in total. The highest BCUT2D eigenvalue weighted by Gasteiger charge is 2.19. The van der Waals surface area contributed by atoms with Crippen molar-refractivity contribution in [2.45, 2.75) is 13.2 Å². The molecule has 30 heavy (non-hydrogen) atoms. The van der Waals surface area contributed by atoms with Crippen molar-refractivity contribution in [1.29, 1.82) is 0 Å². The van der Waals surface area contributed by atoms with Crippen LogP contribution in [0.3, 0.4) is 0 Å². The summed E-state index contributed by atoms with van der Waals surface area (Å²) in [4.78, 5) is 4.66. The smallest absolute Gasteiger partial charge is 0.199 e. The lowest BCUT2D eigenvalue weighted by atomic mass is 10.2. The molecule has 1 aliphatic rings. The molecule has 0 aliphatic carbocycles. The van der Waals surface area contributed by atoms with Gasteiger partial charge in [0.25, 0.3) is 0 Å². The first-order valence-corrected chi connectivity index (χ1v) is 10.8. The van der Waals surface area contributed by atoms with Gasteiger partial charge < -0.3 is 0 Å². The fourth-order valence-electron chi connectivity index (χ4n) is 3.66. The zero-order valence-electron chi connectivity index (χ0n) is 16.7. The Morgan fingerprint density at radius 2 is 1.63 bits per heavy atom. The van der Waals surface area contributed by atoms with Gasteiger partial charge in [-0.1, -0.05) is 47.9 Å². The second-order valence-electron chi connectivity index (χ2n) is 7.42. The number of benzene rings is 2. The first kappa shape index (κ1) is 20.8. The highest BCUT2D eigenvalue weighted by molar-refractivity contribution is 7.71. The Morgan fingerprint density at radius 1 is 0.967 bits per heavy atom. The molecule has 0 amide bonds. The summed E-state index contributed by atoms with van der Waals surface area (Å²) in [7, 11) is 0. The van der Waals surface area contributed by atoms with Gasteiger partial charge in [-0.2, -0.15) is 5.10 Å². The van der Waals surface area contributed by atoms with E-state index >= 15 is 0 Å². The Kier molecular flexibility index (Phi) is 6.66. The largest absolute Gasteiger partial charge is 0.295 e. The molecule has 0 saturated carbocycles. The van der Waals surface area contributed by atoms with Crippen LogP contribution in [0.15, 0.2) is 54.6 Å². The highest BCUT2D eigenvalue weighted by Crippen LogP contribution is 2.22. The summed E-state index contributed by atoms with van der Waals surface area (Å²) in [5.41, 5.74) is 2.19. The third-order valence-electron chi connectivity index (χ3n) is 5.32. The van der Waals surface area contributed by atoms with E-state index in [1.54, 1.807) is 0 Å². The van der Waals surface area contributed by atoms with Crippen LogP contribution in [-0.2, 0) is 13.2 Å². The Hall–Kier alpha value is -2.43. The van der Waals surface area contributed by atoms with Crippen LogP contribution in [0.5, 0.6) is 0 Å². The fourth-order valence-corrected chi connectivity index (χ4v) is 4.04. The van der Waals surface area contributed by atoms with E-state index in [0.717, 1.165) is 42.3 Å². The summed E-state index contributed by atoms with van der Waals surface area (Å²) >= 11 is 11.9. The van der Waals surface area contributed by atoms with Crippen molar-refractivity contribution >= 4 is 23.8 Å². The van der Waals surface area contributed by atoms with Crippen LogP contribution < -0.4 is 0 Å². The van der Waals surface area contributed by atoms with Crippen LogP contribution >= 0.6 is 23.8 Å². The minimum atomic E-state index is 0.672. The summed E-state index contributed by atoms with van der Waals surface area (Å²) < 4.78 is 4.75. The van der Waals surface area contributed by atoms with Gasteiger partial charge in [0.2, 0.25) is 0 Å². The molecule has 3 aromatic rings. The van der Waals surface area contributed by atoms with E-state index in [-0.39, 0.29) is 0 Å². The average Bonchev–Trinajstić information content (AvgIpc) is 3.06. The molecule has 0 bridgehead atoms. The first-order valence-electron chi connectivity index (χ1n) is 10.00. The molecular weight excluding hydrogens is 414 g/mol. The third-order valence-corrected chi connectivity index (χ3v) is 6.01. The molecule has 4 rings (SSSR count). The molecule has 1 aliphatic heterocycles. The van der Waals surface area contributed by atoms with Crippen molar-refractivity contribution in [3.63, 3.8) is 0 Å². The van der Waals surface area contributed by atoms with Gasteiger partial charge >= 0.3 is 0 Å². The van der Waals surface area contributed by atoms with Crippen LogP contribution in [0, 0.1) is 17.1 Å². The number of terminal acetylenes is 1. The number of piperazine rings is 1. The van der Waals surface area contributed by atoms with Crippen LogP contribution in [0.2, 0.25) is 5.02 Å². The average molecular weight is 438 g/mol. The maximum absolute atomic E-state index is 6.09. The minimum absolute atomic E-state index is 0.672. The molecule has 0 atom stereocenters. The van der Waals surface area contributed by atoms with Crippen LogP contribution in [0.25, 0.3) is 11.4 Å². The second kappa shape index (κ2) is 9.59. The monoisotopic (exact) mass is 437 g/mol. The summed E-state index contributed by atoms with van der Waals surface area (Å²) in [6.45, 7) is 5.88. The maximum atomic E-state index is 6.09. The standard InChI is InChI=1S/C23H24ClN5S/c1-2-12-26-13-15-27(16-14-26)18-29-23(30)28(17-19-6-4-3-5-7-19)22(25-29)20-8-10-21(24)11-9-20/h1,3-11H,12-18H2. The first-order chi connectivity index (χ1) is 14.6. The summed E-state index contributed by atoms with van der Waals surface area (Å²) in [5, 5.41) is 5.60. The van der Waals surface area contributed by atoms with Gasteiger partial charge in [-0.3, -0.25) is 14.4 Å². The van der Waals surface area contributed by atoms with E-state index in [4.69, 9.17) is 35.3 Å². The second-order valence-corrected chi connectivity index (χ2v) is 8.23. The van der Waals surface area contributed by atoms with Crippen molar-refractivity contribution in [2.24, 2.45) is 0 Å². The minimum Gasteiger partial charge on any atom is -0.295 e. The number of nitrogens with zero attached hydrogens (tertiary/aromatic N) is 5. The predicted octanol–water partition coefficient (Wildman–Crippen LogP) is 3.99. The Labute approximate surface area is 187 Å². The summed E-state index contributed by atoms with van der Waals surface area (Å²) in [6, 6.07) is 18.1. The molecule has 0 spiro atoms. The zero-order chi connectivity index (χ0) is 20.9. The summed E-state index contributed by atoms with van der Waals surface area (Å²) in [6.07, 6.45) is 5.44. The lowest BCUT2D eigenvalue weighted by molar-refractivity contribution is 0.111. The van der Waals surface area contributed by atoms with Gasteiger partial charge in [0, 0.05) is 36.8 Å². The van der Waals surface area contributed by atoms with Gasteiger partial charge in [-0.25, -0.2) is 4.68 Å². The van der Waals surface area contributed by atoms with Gasteiger partial charge in [0.1, 0.15) is 0 Å². The number of aromatic nitrogens is 3. The van der Waals surface area contributed by atoms with Crippen molar-refractivity contribution in [3.05, 3.63) is 70.0 Å². The Balaban J connectivity index is 1.62. The van der Waals surface area contributed by atoms with E-state index < -0.39 is 0 Å². The molecule has 2 aromatic carbocycles. The molecule has 154 valence electrons. The van der Waals surface area contributed by atoms with Gasteiger partial charge in [-0.15, -0.1) is 6.42 Å². The van der Waals surface area contributed by atoms with Crippen LogP contribution in [0.4, 0.5) is 0 Å². The number of rotatable bonds is 6. The number of hydrogen-bond donors (Lipinski definition) is 0. The van der Waals surface area contributed by atoms with Crippen LogP contribution in [0.1, 0.15) is 5.56 Å². The molecule has 5 nitrogen and oxygen atoms in total. The lowest BCUT2D eigenvalue weighted by Crippen LogP contribution is -2.46. The normalized spacial score (nSPS) is 15.2. The van der Waals surface area contributed by atoms with E-state index in [1.807, 2.05) is 47.1 Å². The van der Waals surface area contributed by atoms with Crippen molar-refractivity contribution in [3.8, 4) is 23.7 Å². The SMILES string of the molecule is C#CCN1CCN(Cn2nc(-c3ccc(Cl)cc3)n(Cc3ccccc3)c2=S)CC1. The Morgan fingerprint density at radius 3 is 2.30 bits per heavy atom. The quantitative estimate of drug-likeness (QED) is 0.430. The molecule has 1 fully saturated rings. The van der Waals surface area contributed by atoms with E-state index in [1.165, 1.54) is 5.56 Å². The van der Waals surface area contributed by atoms with Crippen molar-refractivity contribution in [2.75, 3.05) is 32.7 Å². The highest BCUT2D eigenvalue weighted by atomic mass is 35.5. The molecule has 1 saturated heterocycles. The number of halogens is 1. The summed E-state index contributed by atoms with van der Waals surface area (Å²) in [5.74, 6) is 3.58. The molecule has 7 heteroatoms. The van der Waals surface area contributed by atoms with E-state index in [2.05, 4.69) is 32.4 Å². The fraction of sp³-hybridized carbons (Fsp3) is 0.304. The van der Waals surface area contributed by atoms with Crippen molar-refractivity contribution in [1.82, 2.24) is 24.1 Å². The van der Waals surface area contributed by atoms with Gasteiger partial charge in [-0.05, 0) is 42.0 Å². The van der Waals surface area contributed by atoms with E-state index in [9.17, 15) is 0 Å². The molecule has 2 heterocycles. The lowest BCUT2D eigenvalue weighted by Gasteiger charge is -2.33. The molecular formula is C23H24ClN5S. The predicted molar refractivity (Wildman–Crippen MR) is 124 cm³/mol. The molecule has 0 radical (unpaired) electrons. The molecule has 0 unspecified atom stereocenters. The molecule has 1 aromatic heterocycles. The van der Waals surface area contributed by atoms with E-state index in [0.29, 0.717) is 24.8 Å². The van der Waals surface area contributed by atoms with Gasteiger partial charge in [0.05, 0.1) is 19.8 Å². The number of hydrogen-bond acceptors (Lipinski definition) is 4. The van der Waals surface area contributed by atoms with Gasteiger partial charge in [0.15, 0.2) is 10.6 Å². The van der Waals surface area contributed by atoms with Crippen LogP contribution in [-0.4, -0.2) is 56.9 Å². The third kappa shape index (κ3) is 4.82. The Bertz CT molecular complexity index is 1070. The topological polar surface area (TPSA) is 29.2 Å². The maximum Gasteiger partial charge on any atom is 0.199 e. The van der Waals surface area contributed by atoms with Crippen molar-refractivity contribution < 1.29 is 0 Å². The zero-order valence-corrected chi connectivity index (χ0v) is 18.3.